The van der Waals surface area contributed by atoms with Gasteiger partial charge in [-0.25, -0.2) is 0 Å². The zero-order chi connectivity index (χ0) is 32.3. The molecule has 1 heterocycles. The van der Waals surface area contributed by atoms with E-state index >= 15 is 0 Å². The fraction of sp³-hybridized carbons (Fsp3) is 0.400. The predicted octanol–water partition coefficient (Wildman–Crippen LogP) is 3.84. The molecule has 1 aliphatic carbocycles. The van der Waals surface area contributed by atoms with E-state index in [1.165, 1.54) is 22.2 Å². The van der Waals surface area contributed by atoms with Crippen molar-refractivity contribution in [3.8, 4) is 5.75 Å². The van der Waals surface area contributed by atoms with Crippen LogP contribution < -0.4 is 21.1 Å². The average Bonchev–Trinajstić information content (AvgIpc) is 3.55. The van der Waals surface area contributed by atoms with Crippen LogP contribution in [0.15, 0.2) is 66.7 Å². The van der Waals surface area contributed by atoms with E-state index in [0.29, 0.717) is 11.4 Å². The first-order chi connectivity index (χ1) is 21.4. The Morgan fingerprint density at radius 3 is 2.44 bits per heavy atom. The van der Waals surface area contributed by atoms with E-state index in [0.717, 1.165) is 35.1 Å². The molecule has 0 saturated carbocycles. The van der Waals surface area contributed by atoms with Crippen molar-refractivity contribution in [2.24, 2.45) is 0 Å². The van der Waals surface area contributed by atoms with Crippen LogP contribution in [0.4, 0.5) is 5.69 Å². The SMILES string of the molecule is Cc1cc(N)cc(C)c1OCC(=O)N[C@@H](Cc1ccccc1)[C@H](O)C(=O)N1CSC(C)(C)[C@H]1C(=O)N[C@H]1CCc2ccccc21. The minimum absolute atomic E-state index is 0.129. The molecule has 1 fully saturated rings. The fourth-order valence-corrected chi connectivity index (χ4v) is 7.56. The minimum atomic E-state index is -1.59. The van der Waals surface area contributed by atoms with E-state index in [9.17, 15) is 19.5 Å². The monoisotopic (exact) mass is 630 g/mol. The average molecular weight is 631 g/mol. The van der Waals surface area contributed by atoms with Gasteiger partial charge in [0.25, 0.3) is 11.8 Å². The lowest BCUT2D eigenvalue weighted by Gasteiger charge is -2.34. The molecule has 10 heteroatoms. The molecule has 0 spiro atoms. The molecule has 238 valence electrons. The number of aliphatic hydroxyl groups excluding tert-OH is 1. The van der Waals surface area contributed by atoms with Gasteiger partial charge in [0.1, 0.15) is 11.8 Å². The summed E-state index contributed by atoms with van der Waals surface area (Å²) in [4.78, 5) is 42.4. The third-order valence-corrected chi connectivity index (χ3v) is 10.0. The van der Waals surface area contributed by atoms with Gasteiger partial charge in [0.05, 0.1) is 18.0 Å². The van der Waals surface area contributed by atoms with Gasteiger partial charge in [-0.3, -0.25) is 14.4 Å². The van der Waals surface area contributed by atoms with Gasteiger partial charge in [0.15, 0.2) is 12.7 Å². The third kappa shape index (κ3) is 7.28. The number of fused-ring (bicyclic) bond motifs is 1. The molecule has 2 aliphatic rings. The number of amides is 3. The molecule has 1 saturated heterocycles. The lowest BCUT2D eigenvalue weighted by molar-refractivity contribution is -0.148. The normalized spacial score (nSPS) is 19.8. The van der Waals surface area contributed by atoms with E-state index in [4.69, 9.17) is 10.5 Å². The Kier molecular flexibility index (Phi) is 9.74. The van der Waals surface area contributed by atoms with Crippen molar-refractivity contribution in [2.75, 3.05) is 18.2 Å². The highest BCUT2D eigenvalue weighted by Crippen LogP contribution is 2.41. The molecular formula is C35H42N4O5S. The Morgan fingerprint density at radius 2 is 1.73 bits per heavy atom. The van der Waals surface area contributed by atoms with Crippen LogP contribution in [0.25, 0.3) is 0 Å². The predicted molar refractivity (Wildman–Crippen MR) is 177 cm³/mol. The molecule has 3 amide bonds. The highest BCUT2D eigenvalue weighted by Gasteiger charge is 2.50. The number of aliphatic hydroxyl groups is 1. The van der Waals surface area contributed by atoms with Gasteiger partial charge in [0, 0.05) is 10.4 Å². The number of nitrogens with two attached hydrogens (primary N) is 1. The summed E-state index contributed by atoms with van der Waals surface area (Å²) in [5.41, 5.74) is 11.3. The number of rotatable bonds is 10. The van der Waals surface area contributed by atoms with E-state index in [1.54, 1.807) is 12.1 Å². The number of ether oxygens (including phenoxy) is 1. The summed E-state index contributed by atoms with van der Waals surface area (Å²) in [5.74, 6) is -0.534. The summed E-state index contributed by atoms with van der Waals surface area (Å²) >= 11 is 1.49. The van der Waals surface area contributed by atoms with Gasteiger partial charge in [0.2, 0.25) is 5.91 Å². The Bertz CT molecular complexity index is 1540. The number of benzene rings is 3. The maximum Gasteiger partial charge on any atom is 0.258 e. The lowest BCUT2D eigenvalue weighted by Crippen LogP contribution is -2.59. The molecule has 5 N–H and O–H groups in total. The van der Waals surface area contributed by atoms with E-state index in [1.807, 2.05) is 76.2 Å². The van der Waals surface area contributed by atoms with Crippen LogP contribution in [0, 0.1) is 13.8 Å². The maximum absolute atomic E-state index is 14.0. The molecule has 3 aromatic rings. The molecule has 4 atom stereocenters. The Labute approximate surface area is 268 Å². The van der Waals surface area contributed by atoms with Crippen molar-refractivity contribution in [3.63, 3.8) is 0 Å². The third-order valence-electron chi connectivity index (χ3n) is 8.64. The first-order valence-corrected chi connectivity index (χ1v) is 16.3. The van der Waals surface area contributed by atoms with Gasteiger partial charge in [-0.05, 0) is 86.9 Å². The number of nitrogen functional groups attached to an aromatic ring is 1. The summed E-state index contributed by atoms with van der Waals surface area (Å²) in [6.45, 7) is 7.27. The number of nitrogens with one attached hydrogen (secondary N) is 2. The van der Waals surface area contributed by atoms with Crippen molar-refractivity contribution in [1.82, 2.24) is 15.5 Å². The number of hydrogen-bond acceptors (Lipinski definition) is 7. The molecule has 45 heavy (non-hydrogen) atoms. The van der Waals surface area contributed by atoms with Gasteiger partial charge >= 0.3 is 0 Å². The molecule has 3 aromatic carbocycles. The molecular weight excluding hydrogens is 588 g/mol. The van der Waals surface area contributed by atoms with E-state index < -0.39 is 34.7 Å². The van der Waals surface area contributed by atoms with Gasteiger partial charge in [-0.2, -0.15) is 0 Å². The number of carbonyl (C=O) groups is 3. The Hall–Kier alpha value is -4.02. The van der Waals surface area contributed by atoms with Crippen molar-refractivity contribution in [1.29, 1.82) is 0 Å². The van der Waals surface area contributed by atoms with Crippen LogP contribution in [-0.2, 0) is 27.2 Å². The molecule has 5 rings (SSSR count). The quantitative estimate of drug-likeness (QED) is 0.250. The Morgan fingerprint density at radius 1 is 1.07 bits per heavy atom. The van der Waals surface area contributed by atoms with Crippen molar-refractivity contribution in [2.45, 2.75) is 75.9 Å². The zero-order valence-corrected chi connectivity index (χ0v) is 27.0. The smallest absolute Gasteiger partial charge is 0.258 e. The summed E-state index contributed by atoms with van der Waals surface area (Å²) in [7, 11) is 0. The van der Waals surface area contributed by atoms with E-state index in [2.05, 4.69) is 16.7 Å². The second-order valence-corrected chi connectivity index (χ2v) is 14.1. The van der Waals surface area contributed by atoms with Gasteiger partial charge < -0.3 is 31.1 Å². The van der Waals surface area contributed by atoms with Crippen LogP contribution in [0.3, 0.4) is 0 Å². The second kappa shape index (κ2) is 13.5. The largest absolute Gasteiger partial charge is 0.483 e. The number of anilines is 1. The topological polar surface area (TPSA) is 134 Å². The summed E-state index contributed by atoms with van der Waals surface area (Å²) in [6, 6.07) is 19.1. The van der Waals surface area contributed by atoms with Gasteiger partial charge in [-0.15, -0.1) is 11.8 Å². The number of aryl methyl sites for hydroxylation is 3. The standard InChI is InChI=1S/C35H42N4O5S/c1-21-16-25(36)17-22(2)31(21)44-19-29(40)37-28(18-23-10-6-5-7-11-23)30(41)34(43)39-20-45-35(3,4)32(39)33(42)38-27-15-14-24-12-8-9-13-26(24)27/h5-13,16-17,27-28,30,32,41H,14-15,18-20,36H2,1-4H3,(H,37,40)(H,38,42)/t27-,28-,30-,32+/m0/s1. The molecule has 9 nitrogen and oxygen atoms in total. The molecule has 0 radical (unpaired) electrons. The zero-order valence-electron chi connectivity index (χ0n) is 26.2. The highest BCUT2D eigenvalue weighted by atomic mass is 32.2. The second-order valence-electron chi connectivity index (χ2n) is 12.5. The van der Waals surface area contributed by atoms with Crippen LogP contribution in [0.5, 0.6) is 5.75 Å². The number of nitrogens with zero attached hydrogens (tertiary/aromatic N) is 1. The maximum atomic E-state index is 14.0. The van der Waals surface area contributed by atoms with Gasteiger partial charge in [-0.1, -0.05) is 54.6 Å². The first-order valence-electron chi connectivity index (χ1n) is 15.3. The lowest BCUT2D eigenvalue weighted by atomic mass is 9.96. The first kappa shape index (κ1) is 32.4. The Balaban J connectivity index is 1.31. The van der Waals surface area contributed by atoms with Crippen LogP contribution in [0.1, 0.15) is 54.1 Å². The van der Waals surface area contributed by atoms with E-state index in [-0.39, 0.29) is 30.9 Å². The number of carbonyl (C=O) groups excluding carboxylic acids is 3. The van der Waals surface area contributed by atoms with Crippen LogP contribution in [0.2, 0.25) is 0 Å². The van der Waals surface area contributed by atoms with Crippen LogP contribution >= 0.6 is 11.8 Å². The summed E-state index contributed by atoms with van der Waals surface area (Å²) in [5, 5.41) is 17.5. The number of thioether (sulfide) groups is 1. The summed E-state index contributed by atoms with van der Waals surface area (Å²) in [6.07, 6.45) is 0.295. The molecule has 0 bridgehead atoms. The number of hydrogen-bond donors (Lipinski definition) is 4. The van der Waals surface area contributed by atoms with Crippen molar-refractivity contribution >= 4 is 35.2 Å². The van der Waals surface area contributed by atoms with Crippen molar-refractivity contribution in [3.05, 3.63) is 94.5 Å². The molecule has 1 aliphatic heterocycles. The summed E-state index contributed by atoms with van der Waals surface area (Å²) < 4.78 is 5.25. The highest BCUT2D eigenvalue weighted by molar-refractivity contribution is 8.00. The molecule has 0 aromatic heterocycles. The minimum Gasteiger partial charge on any atom is -0.483 e. The van der Waals surface area contributed by atoms with Crippen LogP contribution in [-0.4, -0.2) is 63.1 Å². The fourth-order valence-electron chi connectivity index (χ4n) is 6.42. The van der Waals surface area contributed by atoms with Crippen molar-refractivity contribution < 1.29 is 24.2 Å². The molecule has 0 unspecified atom stereocenters.